The van der Waals surface area contributed by atoms with Crippen molar-refractivity contribution in [2.75, 3.05) is 6.79 Å². The van der Waals surface area contributed by atoms with Crippen LogP contribution in [0.4, 0.5) is 0 Å². The molecule has 0 atom stereocenters. The Morgan fingerprint density at radius 3 is 2.92 bits per heavy atom. The van der Waals surface area contributed by atoms with Gasteiger partial charge in [0.2, 0.25) is 12.7 Å². The Labute approximate surface area is 75.2 Å². The molecule has 0 fully saturated rings. The fourth-order valence-electron chi connectivity index (χ4n) is 1.25. The van der Waals surface area contributed by atoms with Gasteiger partial charge in [0.1, 0.15) is 0 Å². The van der Waals surface area contributed by atoms with Crippen LogP contribution in [0.15, 0.2) is 18.2 Å². The van der Waals surface area contributed by atoms with Crippen molar-refractivity contribution in [3.63, 3.8) is 0 Å². The van der Waals surface area contributed by atoms with Gasteiger partial charge in [0.25, 0.3) is 0 Å². The zero-order valence-corrected chi connectivity index (χ0v) is 6.95. The summed E-state index contributed by atoms with van der Waals surface area (Å²) < 4.78 is 10.3. The summed E-state index contributed by atoms with van der Waals surface area (Å²) in [6.45, 7) is 0.245. The second-order valence-electron chi connectivity index (χ2n) is 2.83. The Hall–Kier alpha value is -1.71. The number of hydrogen-bond acceptors (Lipinski definition) is 3. The molecule has 4 heteroatoms. The van der Waals surface area contributed by atoms with E-state index in [1.54, 1.807) is 18.2 Å². The summed E-state index contributed by atoms with van der Waals surface area (Å²) in [5.74, 6) is 1.05. The second-order valence-corrected chi connectivity index (χ2v) is 2.83. The summed E-state index contributed by atoms with van der Waals surface area (Å²) >= 11 is 0. The molecule has 0 unspecified atom stereocenters. The minimum Gasteiger partial charge on any atom is -0.454 e. The summed E-state index contributed by atoms with van der Waals surface area (Å²) in [4.78, 5) is 10.6. The third kappa shape index (κ3) is 1.56. The van der Waals surface area contributed by atoms with Gasteiger partial charge in [0, 0.05) is 0 Å². The van der Waals surface area contributed by atoms with Crippen LogP contribution in [-0.2, 0) is 11.2 Å². The van der Waals surface area contributed by atoms with Crippen molar-refractivity contribution in [1.29, 1.82) is 0 Å². The highest BCUT2D eigenvalue weighted by molar-refractivity contribution is 5.76. The maximum Gasteiger partial charge on any atom is 0.231 e. The predicted molar refractivity (Wildman–Crippen MR) is 45.5 cm³/mol. The van der Waals surface area contributed by atoms with Gasteiger partial charge < -0.3 is 15.2 Å². The number of carbonyl (C=O) groups is 1. The van der Waals surface area contributed by atoms with Crippen LogP contribution in [0.3, 0.4) is 0 Å². The van der Waals surface area contributed by atoms with Gasteiger partial charge in [0.15, 0.2) is 11.5 Å². The molecule has 0 aromatic heterocycles. The van der Waals surface area contributed by atoms with E-state index in [2.05, 4.69) is 0 Å². The molecule has 0 saturated heterocycles. The number of amides is 1. The van der Waals surface area contributed by atoms with Crippen LogP contribution in [0.2, 0.25) is 0 Å². The molecule has 1 aliphatic rings. The van der Waals surface area contributed by atoms with E-state index in [1.165, 1.54) is 0 Å². The SMILES string of the molecule is NC(=O)Cc1ccc2c(c1)OCO2. The topological polar surface area (TPSA) is 61.6 Å². The van der Waals surface area contributed by atoms with Crippen molar-refractivity contribution < 1.29 is 14.3 Å². The first-order valence-electron chi connectivity index (χ1n) is 3.92. The molecule has 1 amide bonds. The van der Waals surface area contributed by atoms with Gasteiger partial charge in [-0.1, -0.05) is 6.07 Å². The first-order valence-corrected chi connectivity index (χ1v) is 3.92. The first-order chi connectivity index (χ1) is 6.25. The van der Waals surface area contributed by atoms with Gasteiger partial charge in [-0.3, -0.25) is 4.79 Å². The lowest BCUT2D eigenvalue weighted by Crippen LogP contribution is -2.13. The molecule has 0 saturated carbocycles. The third-order valence-electron chi connectivity index (χ3n) is 1.82. The summed E-state index contributed by atoms with van der Waals surface area (Å²) in [5.41, 5.74) is 5.90. The first kappa shape index (κ1) is 7.91. The van der Waals surface area contributed by atoms with Crippen LogP contribution >= 0.6 is 0 Å². The average Bonchev–Trinajstić information content (AvgIpc) is 2.49. The highest BCUT2D eigenvalue weighted by Crippen LogP contribution is 2.32. The molecule has 2 rings (SSSR count). The lowest BCUT2D eigenvalue weighted by Gasteiger charge is -1.99. The normalized spacial score (nSPS) is 12.9. The van der Waals surface area contributed by atoms with E-state index < -0.39 is 0 Å². The lowest BCUT2D eigenvalue weighted by atomic mass is 10.1. The van der Waals surface area contributed by atoms with Crippen LogP contribution in [-0.4, -0.2) is 12.7 Å². The van der Waals surface area contributed by atoms with Crippen LogP contribution in [0.1, 0.15) is 5.56 Å². The highest BCUT2D eigenvalue weighted by Gasteiger charge is 2.13. The molecule has 13 heavy (non-hydrogen) atoms. The van der Waals surface area contributed by atoms with Crippen LogP contribution < -0.4 is 15.2 Å². The Kier molecular flexibility index (Phi) is 1.81. The quantitative estimate of drug-likeness (QED) is 0.716. The van der Waals surface area contributed by atoms with E-state index in [-0.39, 0.29) is 19.1 Å². The number of nitrogens with two attached hydrogens (primary N) is 1. The minimum atomic E-state index is -0.348. The minimum absolute atomic E-state index is 0.233. The van der Waals surface area contributed by atoms with E-state index in [1.807, 2.05) is 0 Å². The third-order valence-corrected chi connectivity index (χ3v) is 1.82. The smallest absolute Gasteiger partial charge is 0.231 e. The molecule has 2 N–H and O–H groups in total. The summed E-state index contributed by atoms with van der Waals surface area (Å²) in [7, 11) is 0. The fourth-order valence-corrected chi connectivity index (χ4v) is 1.25. The van der Waals surface area contributed by atoms with Gasteiger partial charge in [-0.05, 0) is 17.7 Å². The lowest BCUT2D eigenvalue weighted by molar-refractivity contribution is -0.117. The van der Waals surface area contributed by atoms with E-state index in [0.29, 0.717) is 11.5 Å². The summed E-state index contributed by atoms with van der Waals surface area (Å²) in [6.07, 6.45) is 0.233. The highest BCUT2D eigenvalue weighted by atomic mass is 16.7. The molecule has 0 spiro atoms. The molecule has 1 aromatic rings. The van der Waals surface area contributed by atoms with Crippen LogP contribution in [0, 0.1) is 0 Å². The fraction of sp³-hybridized carbons (Fsp3) is 0.222. The standard InChI is InChI=1S/C9H9NO3/c10-9(11)4-6-1-2-7-8(3-6)13-5-12-7/h1-3H,4-5H2,(H2,10,11). The molecular formula is C9H9NO3. The van der Waals surface area contributed by atoms with Crippen molar-refractivity contribution in [1.82, 2.24) is 0 Å². The van der Waals surface area contributed by atoms with Gasteiger partial charge in [0.05, 0.1) is 6.42 Å². The second kappa shape index (κ2) is 2.97. The molecule has 0 aliphatic carbocycles. The number of carbonyl (C=O) groups excluding carboxylic acids is 1. The zero-order chi connectivity index (χ0) is 9.26. The molecule has 4 nitrogen and oxygen atoms in total. The number of rotatable bonds is 2. The summed E-state index contributed by atoms with van der Waals surface area (Å²) in [5, 5.41) is 0. The van der Waals surface area contributed by atoms with E-state index in [0.717, 1.165) is 5.56 Å². The van der Waals surface area contributed by atoms with E-state index >= 15 is 0 Å². The van der Waals surface area contributed by atoms with Gasteiger partial charge >= 0.3 is 0 Å². The number of ether oxygens (including phenoxy) is 2. The Morgan fingerprint density at radius 1 is 1.38 bits per heavy atom. The van der Waals surface area contributed by atoms with Gasteiger partial charge in [-0.2, -0.15) is 0 Å². The maximum atomic E-state index is 10.6. The molecule has 0 bridgehead atoms. The van der Waals surface area contributed by atoms with E-state index in [9.17, 15) is 4.79 Å². The van der Waals surface area contributed by atoms with Crippen molar-refractivity contribution in [2.24, 2.45) is 5.73 Å². The largest absolute Gasteiger partial charge is 0.454 e. The average molecular weight is 179 g/mol. The van der Waals surface area contributed by atoms with Crippen molar-refractivity contribution >= 4 is 5.91 Å². The molecule has 1 heterocycles. The summed E-state index contributed by atoms with van der Waals surface area (Å²) in [6, 6.07) is 5.35. The predicted octanol–water partition coefficient (Wildman–Crippen LogP) is 0.443. The Morgan fingerprint density at radius 2 is 2.15 bits per heavy atom. The Bertz CT molecular complexity index is 349. The zero-order valence-electron chi connectivity index (χ0n) is 6.95. The molecule has 0 radical (unpaired) electrons. The maximum absolute atomic E-state index is 10.6. The number of fused-ring (bicyclic) bond motifs is 1. The number of primary amides is 1. The molecular weight excluding hydrogens is 170 g/mol. The van der Waals surface area contributed by atoms with Crippen molar-refractivity contribution in [2.45, 2.75) is 6.42 Å². The van der Waals surface area contributed by atoms with Crippen molar-refractivity contribution in [3.8, 4) is 11.5 Å². The molecule has 68 valence electrons. The Balaban J connectivity index is 2.25. The number of benzene rings is 1. The molecule has 1 aromatic carbocycles. The van der Waals surface area contributed by atoms with E-state index in [4.69, 9.17) is 15.2 Å². The van der Waals surface area contributed by atoms with Crippen molar-refractivity contribution in [3.05, 3.63) is 23.8 Å². The van der Waals surface area contributed by atoms with Crippen LogP contribution in [0.5, 0.6) is 11.5 Å². The monoisotopic (exact) mass is 179 g/mol. The number of hydrogen-bond donors (Lipinski definition) is 1. The van der Waals surface area contributed by atoms with Crippen LogP contribution in [0.25, 0.3) is 0 Å². The molecule has 1 aliphatic heterocycles. The van der Waals surface area contributed by atoms with Gasteiger partial charge in [-0.15, -0.1) is 0 Å². The van der Waals surface area contributed by atoms with Gasteiger partial charge in [-0.25, -0.2) is 0 Å².